The average molecular weight is 311 g/mol. The van der Waals surface area contributed by atoms with E-state index in [1.54, 1.807) is 0 Å². The molecule has 0 amide bonds. The zero-order valence-electron chi connectivity index (χ0n) is 13.6. The third-order valence-corrected chi connectivity index (χ3v) is 3.60. The highest BCUT2D eigenvalue weighted by Crippen LogP contribution is 2.18. The molecule has 0 radical (unpaired) electrons. The summed E-state index contributed by atoms with van der Waals surface area (Å²) in [5.74, 6) is 1.21. The molecule has 0 unspecified atom stereocenters. The summed E-state index contributed by atoms with van der Waals surface area (Å²) in [6.45, 7) is 6.96. The Kier molecular flexibility index (Phi) is 4.52. The summed E-state index contributed by atoms with van der Waals surface area (Å²) in [6.07, 6.45) is 3.89. The van der Waals surface area contributed by atoms with Crippen molar-refractivity contribution in [2.75, 3.05) is 0 Å². The number of hydrogen-bond donors (Lipinski definition) is 1. The molecule has 0 aliphatic carbocycles. The first-order chi connectivity index (χ1) is 11.1. The summed E-state index contributed by atoms with van der Waals surface area (Å²) in [4.78, 5) is 4.48. The fourth-order valence-corrected chi connectivity index (χ4v) is 2.51. The molecule has 2 aromatic heterocycles. The van der Waals surface area contributed by atoms with Crippen LogP contribution < -0.4 is 5.32 Å². The van der Waals surface area contributed by atoms with Crippen molar-refractivity contribution < 1.29 is 4.52 Å². The van der Waals surface area contributed by atoms with Gasteiger partial charge in [-0.3, -0.25) is 4.68 Å². The number of benzene rings is 1. The van der Waals surface area contributed by atoms with Gasteiger partial charge in [0.2, 0.25) is 11.7 Å². The fourth-order valence-electron chi connectivity index (χ4n) is 2.51. The Morgan fingerprint density at radius 3 is 2.70 bits per heavy atom. The number of nitrogens with one attached hydrogen (secondary N) is 1. The predicted octanol–water partition coefficient (Wildman–Crippen LogP) is 2.98. The molecule has 3 rings (SSSR count). The molecule has 3 aromatic rings. The van der Waals surface area contributed by atoms with Crippen molar-refractivity contribution >= 4 is 0 Å². The van der Waals surface area contributed by atoms with E-state index in [0.717, 1.165) is 17.7 Å². The standard InChI is InChI=1S/C17H21N5O/c1-12-9-18-22(10-12)11-13(2)19-14(3)17-20-16(21-23-17)15-7-5-4-6-8-15/h4-10,13-14,19H,11H2,1-3H3/t13-,14-/m1/s1. The maximum absolute atomic E-state index is 5.39. The van der Waals surface area contributed by atoms with Crippen LogP contribution in [0, 0.1) is 6.92 Å². The van der Waals surface area contributed by atoms with Gasteiger partial charge in [-0.15, -0.1) is 0 Å². The van der Waals surface area contributed by atoms with Crippen molar-refractivity contribution in [3.8, 4) is 11.4 Å². The number of aromatic nitrogens is 4. The Bertz CT molecular complexity index is 749. The van der Waals surface area contributed by atoms with Crippen LogP contribution in [0.4, 0.5) is 0 Å². The van der Waals surface area contributed by atoms with Gasteiger partial charge in [-0.05, 0) is 26.3 Å². The highest BCUT2D eigenvalue weighted by molar-refractivity contribution is 5.53. The monoisotopic (exact) mass is 311 g/mol. The lowest BCUT2D eigenvalue weighted by Gasteiger charge is -2.17. The SMILES string of the molecule is Cc1cnn(C[C@@H](C)N[C@H](C)c2nc(-c3ccccc3)no2)c1. The van der Waals surface area contributed by atoms with E-state index in [1.807, 2.05) is 61.3 Å². The number of aryl methyl sites for hydroxylation is 1. The van der Waals surface area contributed by atoms with Gasteiger partial charge in [0.25, 0.3) is 0 Å². The molecule has 1 N–H and O–H groups in total. The second-order valence-electron chi connectivity index (χ2n) is 5.85. The van der Waals surface area contributed by atoms with Crippen LogP contribution in [0.15, 0.2) is 47.2 Å². The summed E-state index contributed by atoms with van der Waals surface area (Å²) >= 11 is 0. The van der Waals surface area contributed by atoms with E-state index < -0.39 is 0 Å². The number of nitrogens with zero attached hydrogens (tertiary/aromatic N) is 4. The quantitative estimate of drug-likeness (QED) is 0.758. The minimum absolute atomic E-state index is 0.0216. The lowest BCUT2D eigenvalue weighted by atomic mass is 10.2. The molecule has 0 bridgehead atoms. The van der Waals surface area contributed by atoms with Crippen molar-refractivity contribution in [1.29, 1.82) is 0 Å². The van der Waals surface area contributed by atoms with Crippen molar-refractivity contribution in [2.45, 2.75) is 39.4 Å². The predicted molar refractivity (Wildman–Crippen MR) is 87.7 cm³/mol. The Morgan fingerprint density at radius 2 is 2.00 bits per heavy atom. The lowest BCUT2D eigenvalue weighted by molar-refractivity contribution is 0.316. The molecule has 0 saturated heterocycles. The van der Waals surface area contributed by atoms with E-state index in [9.17, 15) is 0 Å². The first-order valence-corrected chi connectivity index (χ1v) is 7.76. The Balaban J connectivity index is 1.62. The van der Waals surface area contributed by atoms with Gasteiger partial charge in [-0.1, -0.05) is 35.5 Å². The van der Waals surface area contributed by atoms with Crippen LogP contribution in [0.25, 0.3) is 11.4 Å². The molecule has 2 atom stereocenters. The van der Waals surface area contributed by atoms with Crippen LogP contribution in [0.2, 0.25) is 0 Å². The largest absolute Gasteiger partial charge is 0.337 e. The summed E-state index contributed by atoms with van der Waals surface area (Å²) in [6, 6.07) is 10.0. The third-order valence-electron chi connectivity index (χ3n) is 3.60. The van der Waals surface area contributed by atoms with Crippen molar-refractivity contribution in [3.63, 3.8) is 0 Å². The van der Waals surface area contributed by atoms with Gasteiger partial charge in [-0.2, -0.15) is 10.1 Å². The van der Waals surface area contributed by atoms with Crippen LogP contribution in [0.3, 0.4) is 0 Å². The molecule has 2 heterocycles. The molecule has 6 heteroatoms. The van der Waals surface area contributed by atoms with Gasteiger partial charge in [0, 0.05) is 17.8 Å². The molecule has 0 spiro atoms. The molecule has 120 valence electrons. The highest BCUT2D eigenvalue weighted by Gasteiger charge is 2.17. The van der Waals surface area contributed by atoms with Crippen molar-refractivity contribution in [3.05, 3.63) is 54.2 Å². The molecule has 0 aliphatic rings. The maximum atomic E-state index is 5.39. The molecule has 0 aliphatic heterocycles. The van der Waals surface area contributed by atoms with Crippen LogP contribution in [-0.4, -0.2) is 26.0 Å². The molecule has 23 heavy (non-hydrogen) atoms. The smallest absolute Gasteiger partial charge is 0.243 e. The van der Waals surface area contributed by atoms with Gasteiger partial charge in [0.15, 0.2) is 0 Å². The molecular formula is C17H21N5O. The number of rotatable bonds is 6. The maximum Gasteiger partial charge on any atom is 0.243 e. The zero-order valence-corrected chi connectivity index (χ0v) is 13.6. The fraction of sp³-hybridized carbons (Fsp3) is 0.353. The van der Waals surface area contributed by atoms with Crippen molar-refractivity contribution in [2.24, 2.45) is 0 Å². The minimum atomic E-state index is -0.0216. The van der Waals surface area contributed by atoms with Gasteiger partial charge in [-0.25, -0.2) is 0 Å². The van der Waals surface area contributed by atoms with Gasteiger partial charge in [0.1, 0.15) is 0 Å². The van der Waals surface area contributed by atoms with Crippen LogP contribution in [0.1, 0.15) is 31.3 Å². The summed E-state index contributed by atoms with van der Waals surface area (Å²) in [5, 5.41) is 11.8. The highest BCUT2D eigenvalue weighted by atomic mass is 16.5. The minimum Gasteiger partial charge on any atom is -0.337 e. The normalized spacial score (nSPS) is 13.9. The zero-order chi connectivity index (χ0) is 16.2. The Labute approximate surface area is 135 Å². The Hall–Kier alpha value is -2.47. The van der Waals surface area contributed by atoms with Crippen LogP contribution >= 0.6 is 0 Å². The van der Waals surface area contributed by atoms with Gasteiger partial charge < -0.3 is 9.84 Å². The Morgan fingerprint density at radius 1 is 1.22 bits per heavy atom. The summed E-state index contributed by atoms with van der Waals surface area (Å²) in [5.41, 5.74) is 2.12. The van der Waals surface area contributed by atoms with Gasteiger partial charge >= 0.3 is 0 Å². The van der Waals surface area contributed by atoms with E-state index >= 15 is 0 Å². The van der Waals surface area contributed by atoms with Crippen LogP contribution in [-0.2, 0) is 6.54 Å². The van der Waals surface area contributed by atoms with E-state index in [1.165, 1.54) is 0 Å². The molecule has 0 saturated carbocycles. The first kappa shape index (κ1) is 15.4. The van der Waals surface area contributed by atoms with E-state index in [4.69, 9.17) is 4.52 Å². The summed E-state index contributed by atoms with van der Waals surface area (Å²) < 4.78 is 7.32. The van der Waals surface area contributed by atoms with E-state index in [2.05, 4.69) is 27.5 Å². The van der Waals surface area contributed by atoms with Crippen molar-refractivity contribution in [1.82, 2.24) is 25.2 Å². The molecule has 6 nitrogen and oxygen atoms in total. The third kappa shape index (κ3) is 3.84. The second kappa shape index (κ2) is 6.75. The number of hydrogen-bond acceptors (Lipinski definition) is 5. The lowest BCUT2D eigenvalue weighted by Crippen LogP contribution is -2.33. The average Bonchev–Trinajstić information content (AvgIpc) is 3.17. The van der Waals surface area contributed by atoms with Gasteiger partial charge in [0.05, 0.1) is 18.8 Å². The van der Waals surface area contributed by atoms with E-state index in [-0.39, 0.29) is 12.1 Å². The molecule has 1 aromatic carbocycles. The molecule has 0 fully saturated rings. The second-order valence-corrected chi connectivity index (χ2v) is 5.85. The first-order valence-electron chi connectivity index (χ1n) is 7.76. The topological polar surface area (TPSA) is 68.8 Å². The summed E-state index contributed by atoms with van der Waals surface area (Å²) in [7, 11) is 0. The molecular weight excluding hydrogens is 290 g/mol. The van der Waals surface area contributed by atoms with E-state index in [0.29, 0.717) is 11.7 Å². The van der Waals surface area contributed by atoms with Crippen LogP contribution in [0.5, 0.6) is 0 Å².